The van der Waals surface area contributed by atoms with Gasteiger partial charge in [0.1, 0.15) is 6.33 Å². The van der Waals surface area contributed by atoms with Crippen molar-refractivity contribution < 1.29 is 5.11 Å². The molecule has 1 aromatic heterocycles. The lowest BCUT2D eigenvalue weighted by Crippen LogP contribution is -2.34. The average molecular weight is 167 g/mol. The van der Waals surface area contributed by atoms with Crippen LogP contribution in [0.15, 0.2) is 18.7 Å². The van der Waals surface area contributed by atoms with Gasteiger partial charge in [0.2, 0.25) is 0 Å². The zero-order valence-electron chi connectivity index (χ0n) is 7.28. The Hall–Kier alpha value is -1.16. The molecule has 0 aliphatic heterocycles. The molecule has 0 saturated carbocycles. The molecule has 12 heavy (non-hydrogen) atoms. The Kier molecular flexibility index (Phi) is 2.60. The second-order valence-corrected chi connectivity index (χ2v) is 3.29. The first-order chi connectivity index (χ1) is 5.64. The molecule has 0 aromatic carbocycles. The molecule has 0 bridgehead atoms. The van der Waals surface area contributed by atoms with E-state index in [-0.39, 0.29) is 12.1 Å². The van der Waals surface area contributed by atoms with E-state index < -0.39 is 0 Å². The van der Waals surface area contributed by atoms with E-state index in [0.29, 0.717) is 0 Å². The van der Waals surface area contributed by atoms with Crippen LogP contribution in [0.25, 0.3) is 0 Å². The molecule has 0 aliphatic carbocycles. The summed E-state index contributed by atoms with van der Waals surface area (Å²) in [6, 6.07) is 0. The number of nitrogens with one attached hydrogen (secondary N) is 1. The highest BCUT2D eigenvalue weighted by molar-refractivity contribution is 5.39. The van der Waals surface area contributed by atoms with E-state index in [1.54, 1.807) is 12.4 Å². The first-order valence-electron chi connectivity index (χ1n) is 3.78. The van der Waals surface area contributed by atoms with Crippen LogP contribution in [0.3, 0.4) is 0 Å². The quantitative estimate of drug-likeness (QED) is 0.694. The lowest BCUT2D eigenvalue weighted by atomic mass is 10.1. The number of aliphatic hydroxyl groups is 1. The van der Waals surface area contributed by atoms with Crippen molar-refractivity contribution >= 4 is 5.69 Å². The molecule has 1 rings (SSSR count). The summed E-state index contributed by atoms with van der Waals surface area (Å²) in [4.78, 5) is 7.70. The maximum atomic E-state index is 8.95. The average Bonchev–Trinajstić information content (AvgIpc) is 2.06. The van der Waals surface area contributed by atoms with Gasteiger partial charge in [-0.15, -0.1) is 0 Å². The van der Waals surface area contributed by atoms with E-state index in [2.05, 4.69) is 15.3 Å². The van der Waals surface area contributed by atoms with Crippen molar-refractivity contribution in [1.29, 1.82) is 0 Å². The van der Waals surface area contributed by atoms with Crippen LogP contribution in [0.5, 0.6) is 0 Å². The lowest BCUT2D eigenvalue weighted by Gasteiger charge is -2.24. The summed E-state index contributed by atoms with van der Waals surface area (Å²) in [6.45, 7) is 3.88. The second-order valence-electron chi connectivity index (χ2n) is 3.29. The maximum absolute atomic E-state index is 8.95. The van der Waals surface area contributed by atoms with Gasteiger partial charge in [-0.25, -0.2) is 9.97 Å². The van der Waals surface area contributed by atoms with E-state index in [9.17, 15) is 0 Å². The minimum atomic E-state index is -0.329. The molecule has 0 unspecified atom stereocenters. The third-order valence-corrected chi connectivity index (χ3v) is 1.44. The lowest BCUT2D eigenvalue weighted by molar-refractivity contribution is 0.234. The van der Waals surface area contributed by atoms with Crippen molar-refractivity contribution in [3.05, 3.63) is 18.7 Å². The van der Waals surface area contributed by atoms with E-state index in [0.717, 1.165) is 5.69 Å². The van der Waals surface area contributed by atoms with Crippen LogP contribution in [-0.2, 0) is 0 Å². The van der Waals surface area contributed by atoms with Crippen molar-refractivity contribution in [2.75, 3.05) is 11.9 Å². The summed E-state index contributed by atoms with van der Waals surface area (Å²) in [5, 5.41) is 12.0. The maximum Gasteiger partial charge on any atom is 0.115 e. The fraction of sp³-hybridized carbons (Fsp3) is 0.500. The van der Waals surface area contributed by atoms with Gasteiger partial charge in [0.15, 0.2) is 0 Å². The van der Waals surface area contributed by atoms with Crippen LogP contribution in [0.1, 0.15) is 13.8 Å². The van der Waals surface area contributed by atoms with Gasteiger partial charge in [0, 0.05) is 0 Å². The monoisotopic (exact) mass is 167 g/mol. The molecule has 4 nitrogen and oxygen atoms in total. The number of hydrogen-bond acceptors (Lipinski definition) is 4. The summed E-state index contributed by atoms with van der Waals surface area (Å²) in [7, 11) is 0. The van der Waals surface area contributed by atoms with Crippen LogP contribution < -0.4 is 5.32 Å². The van der Waals surface area contributed by atoms with Crippen LogP contribution in [0.2, 0.25) is 0 Å². The molecular weight excluding hydrogens is 154 g/mol. The van der Waals surface area contributed by atoms with Gasteiger partial charge >= 0.3 is 0 Å². The molecule has 1 aromatic rings. The van der Waals surface area contributed by atoms with Gasteiger partial charge in [0.25, 0.3) is 0 Å². The van der Waals surface area contributed by atoms with Crippen molar-refractivity contribution in [2.45, 2.75) is 19.4 Å². The Bertz CT molecular complexity index is 235. The number of hydrogen-bond donors (Lipinski definition) is 2. The Morgan fingerprint density at radius 2 is 2.00 bits per heavy atom. The minimum absolute atomic E-state index is 0.0713. The van der Waals surface area contributed by atoms with Gasteiger partial charge in [-0.3, -0.25) is 0 Å². The summed E-state index contributed by atoms with van der Waals surface area (Å²) in [5.74, 6) is 0. The number of aliphatic hydroxyl groups excluding tert-OH is 1. The first kappa shape index (κ1) is 8.93. The van der Waals surface area contributed by atoms with Crippen molar-refractivity contribution in [3.8, 4) is 0 Å². The summed E-state index contributed by atoms with van der Waals surface area (Å²) < 4.78 is 0. The Morgan fingerprint density at radius 3 is 2.50 bits per heavy atom. The van der Waals surface area contributed by atoms with Crippen LogP contribution in [0.4, 0.5) is 5.69 Å². The smallest absolute Gasteiger partial charge is 0.115 e. The SMILES string of the molecule is CC(C)(CO)Nc1cncnc1. The van der Waals surface area contributed by atoms with E-state index in [4.69, 9.17) is 5.11 Å². The minimum Gasteiger partial charge on any atom is -0.394 e. The zero-order chi connectivity index (χ0) is 9.03. The highest BCUT2D eigenvalue weighted by Gasteiger charge is 2.15. The molecule has 0 spiro atoms. The molecule has 1 heterocycles. The van der Waals surface area contributed by atoms with Crippen molar-refractivity contribution in [2.24, 2.45) is 0 Å². The molecule has 0 saturated heterocycles. The Balaban J connectivity index is 2.64. The van der Waals surface area contributed by atoms with Gasteiger partial charge in [-0.2, -0.15) is 0 Å². The fourth-order valence-electron chi connectivity index (χ4n) is 0.794. The predicted molar refractivity (Wildman–Crippen MR) is 46.8 cm³/mol. The molecule has 0 aliphatic rings. The Morgan fingerprint density at radius 1 is 1.42 bits per heavy atom. The predicted octanol–water partition coefficient (Wildman–Crippen LogP) is 0.659. The molecule has 0 amide bonds. The van der Waals surface area contributed by atoms with Crippen molar-refractivity contribution in [3.63, 3.8) is 0 Å². The zero-order valence-corrected chi connectivity index (χ0v) is 7.28. The summed E-state index contributed by atoms with van der Waals surface area (Å²) in [6.07, 6.45) is 4.81. The van der Waals surface area contributed by atoms with Gasteiger partial charge in [0.05, 0.1) is 30.2 Å². The largest absolute Gasteiger partial charge is 0.394 e. The highest BCUT2D eigenvalue weighted by atomic mass is 16.3. The molecule has 0 fully saturated rings. The van der Waals surface area contributed by atoms with E-state index in [1.165, 1.54) is 6.33 Å². The van der Waals surface area contributed by atoms with Crippen molar-refractivity contribution in [1.82, 2.24) is 9.97 Å². The molecular formula is C8H13N3O. The third kappa shape index (κ3) is 2.47. The fourth-order valence-corrected chi connectivity index (χ4v) is 0.794. The van der Waals surface area contributed by atoms with Crippen LogP contribution >= 0.6 is 0 Å². The molecule has 4 heteroatoms. The van der Waals surface area contributed by atoms with Gasteiger partial charge < -0.3 is 10.4 Å². The first-order valence-corrected chi connectivity index (χ1v) is 3.78. The molecule has 66 valence electrons. The number of anilines is 1. The molecule has 0 radical (unpaired) electrons. The van der Waals surface area contributed by atoms with Gasteiger partial charge in [-0.1, -0.05) is 0 Å². The molecule has 2 N–H and O–H groups in total. The van der Waals surface area contributed by atoms with Crippen LogP contribution in [-0.4, -0.2) is 27.2 Å². The third-order valence-electron chi connectivity index (χ3n) is 1.44. The summed E-state index contributed by atoms with van der Waals surface area (Å²) in [5.41, 5.74) is 0.488. The van der Waals surface area contributed by atoms with Gasteiger partial charge in [-0.05, 0) is 13.8 Å². The number of rotatable bonds is 3. The van der Waals surface area contributed by atoms with Crippen LogP contribution in [0, 0.1) is 0 Å². The van der Waals surface area contributed by atoms with E-state index >= 15 is 0 Å². The normalized spacial score (nSPS) is 11.2. The molecule has 0 atom stereocenters. The standard InChI is InChI=1S/C8H13N3O/c1-8(2,5-12)11-7-3-9-6-10-4-7/h3-4,6,11-12H,5H2,1-2H3. The summed E-state index contributed by atoms with van der Waals surface area (Å²) >= 11 is 0. The Labute approximate surface area is 71.7 Å². The number of aromatic nitrogens is 2. The highest BCUT2D eigenvalue weighted by Crippen LogP contribution is 2.10. The van der Waals surface area contributed by atoms with E-state index in [1.807, 2.05) is 13.8 Å². The second kappa shape index (κ2) is 3.49. The topological polar surface area (TPSA) is 58.0 Å². The number of nitrogens with zero attached hydrogens (tertiary/aromatic N) is 2.